The molecule has 126 valence electrons. The number of rotatable bonds is 3. The van der Waals surface area contributed by atoms with Crippen LogP contribution >= 0.6 is 48.0 Å². The van der Waals surface area contributed by atoms with E-state index in [4.69, 9.17) is 28.9 Å². The third kappa shape index (κ3) is 5.03. The highest BCUT2D eigenvalue weighted by molar-refractivity contribution is 6.36. The number of nitrogens with zero attached hydrogens (tertiary/aromatic N) is 3. The van der Waals surface area contributed by atoms with Gasteiger partial charge in [-0.05, 0) is 6.07 Å². The minimum Gasteiger partial charge on any atom is -0.352 e. The molecule has 2 N–H and O–H groups in total. The summed E-state index contributed by atoms with van der Waals surface area (Å²) in [5, 5.41) is 1.05. The predicted octanol–water partition coefficient (Wildman–Crippen LogP) is 2.48. The Kier molecular flexibility index (Phi) is 9.43. The van der Waals surface area contributed by atoms with Gasteiger partial charge in [0, 0.05) is 44.8 Å². The summed E-state index contributed by atoms with van der Waals surface area (Å²) in [5.41, 5.74) is 5.53. The van der Waals surface area contributed by atoms with Gasteiger partial charge < -0.3 is 15.5 Å². The van der Waals surface area contributed by atoms with Crippen molar-refractivity contribution in [1.82, 2.24) is 9.88 Å². The molecule has 1 aliphatic rings. The Morgan fingerprint density at radius 2 is 1.91 bits per heavy atom. The second-order valence-electron chi connectivity index (χ2n) is 4.91. The summed E-state index contributed by atoms with van der Waals surface area (Å²) in [6.45, 7) is 4.96. The number of amides is 1. The molecule has 0 spiro atoms. The van der Waals surface area contributed by atoms with E-state index in [9.17, 15) is 4.79 Å². The van der Waals surface area contributed by atoms with E-state index in [1.54, 1.807) is 12.3 Å². The first-order chi connectivity index (χ1) is 9.52. The molecule has 1 unspecified atom stereocenters. The largest absolute Gasteiger partial charge is 0.352 e. The Bertz CT molecular complexity index is 495. The van der Waals surface area contributed by atoms with Crippen LogP contribution in [0.3, 0.4) is 0 Å². The van der Waals surface area contributed by atoms with Gasteiger partial charge in [-0.25, -0.2) is 4.98 Å². The number of pyridine rings is 1. The van der Waals surface area contributed by atoms with Crippen molar-refractivity contribution in [2.75, 3.05) is 37.6 Å². The molecular formula is C13H20Cl4N4O. The molecule has 1 fully saturated rings. The normalized spacial score (nSPS) is 15.6. The van der Waals surface area contributed by atoms with Crippen LogP contribution < -0.4 is 10.6 Å². The Hall–Kier alpha value is -0.460. The maximum absolute atomic E-state index is 12.1. The van der Waals surface area contributed by atoms with Gasteiger partial charge in [0.05, 0.1) is 10.0 Å². The summed E-state index contributed by atoms with van der Waals surface area (Å²) in [4.78, 5) is 20.2. The quantitative estimate of drug-likeness (QED) is 0.862. The fraction of sp³-hybridized carbons (Fsp3) is 0.538. The highest BCUT2D eigenvalue weighted by atomic mass is 35.5. The first-order valence-electron chi connectivity index (χ1n) is 6.57. The van der Waals surface area contributed by atoms with E-state index in [2.05, 4.69) is 9.88 Å². The fourth-order valence-electron chi connectivity index (χ4n) is 2.19. The zero-order chi connectivity index (χ0) is 14.7. The highest BCUT2D eigenvalue weighted by Crippen LogP contribution is 2.26. The number of piperazine rings is 1. The fourth-order valence-corrected chi connectivity index (χ4v) is 2.69. The van der Waals surface area contributed by atoms with Crippen molar-refractivity contribution in [1.29, 1.82) is 0 Å². The maximum atomic E-state index is 12.1. The molecule has 2 rings (SSSR count). The monoisotopic (exact) mass is 388 g/mol. The lowest BCUT2D eigenvalue weighted by Gasteiger charge is -2.36. The zero-order valence-corrected chi connectivity index (χ0v) is 15.3. The van der Waals surface area contributed by atoms with E-state index in [1.807, 2.05) is 11.8 Å². The molecule has 0 radical (unpaired) electrons. The van der Waals surface area contributed by atoms with Crippen LogP contribution in [-0.4, -0.2) is 48.5 Å². The van der Waals surface area contributed by atoms with Crippen LogP contribution in [0.4, 0.5) is 5.82 Å². The second kappa shape index (κ2) is 9.63. The minimum absolute atomic E-state index is 0. The number of carbonyl (C=O) groups is 1. The van der Waals surface area contributed by atoms with Crippen molar-refractivity contribution >= 4 is 59.7 Å². The molecule has 0 aromatic carbocycles. The molecule has 5 nitrogen and oxygen atoms in total. The summed E-state index contributed by atoms with van der Waals surface area (Å²) >= 11 is 12.0. The van der Waals surface area contributed by atoms with Gasteiger partial charge in [0.1, 0.15) is 5.82 Å². The minimum atomic E-state index is -0.126. The van der Waals surface area contributed by atoms with Crippen LogP contribution in [0, 0.1) is 5.92 Å². The van der Waals surface area contributed by atoms with Crippen molar-refractivity contribution in [3.8, 4) is 0 Å². The van der Waals surface area contributed by atoms with Crippen LogP contribution in [0.1, 0.15) is 6.92 Å². The molecular weight excluding hydrogens is 370 g/mol. The van der Waals surface area contributed by atoms with Crippen molar-refractivity contribution < 1.29 is 4.79 Å². The first-order valence-corrected chi connectivity index (χ1v) is 7.33. The van der Waals surface area contributed by atoms with Crippen molar-refractivity contribution in [3.63, 3.8) is 0 Å². The predicted molar refractivity (Wildman–Crippen MR) is 95.8 cm³/mol. The maximum Gasteiger partial charge on any atom is 0.226 e. The second-order valence-corrected chi connectivity index (χ2v) is 5.75. The van der Waals surface area contributed by atoms with Gasteiger partial charge in [-0.2, -0.15) is 0 Å². The first kappa shape index (κ1) is 21.5. The standard InChI is InChI=1S/C13H18Cl2N4O.2ClH/c1-9(7-16)13(20)19-4-2-18(3-5-19)12-11(15)6-10(14)8-17-12;;/h6,8-9H,2-5,7,16H2,1H3;2*1H. The number of carbonyl (C=O) groups excluding carboxylic acids is 1. The zero-order valence-electron chi connectivity index (χ0n) is 12.2. The average molecular weight is 390 g/mol. The van der Waals surface area contributed by atoms with Crippen LogP contribution in [0.5, 0.6) is 0 Å². The van der Waals surface area contributed by atoms with Crippen LogP contribution in [0.15, 0.2) is 12.3 Å². The van der Waals surface area contributed by atoms with Crippen molar-refractivity contribution in [2.24, 2.45) is 11.7 Å². The molecule has 1 atom stereocenters. The van der Waals surface area contributed by atoms with E-state index in [1.165, 1.54) is 0 Å². The topological polar surface area (TPSA) is 62.5 Å². The van der Waals surface area contributed by atoms with Crippen LogP contribution in [-0.2, 0) is 4.79 Å². The number of halogens is 4. The van der Waals surface area contributed by atoms with Crippen LogP contribution in [0.2, 0.25) is 10.0 Å². The van der Waals surface area contributed by atoms with E-state index in [0.717, 1.165) is 5.82 Å². The molecule has 1 amide bonds. The van der Waals surface area contributed by atoms with Crippen LogP contribution in [0.25, 0.3) is 0 Å². The molecule has 1 aliphatic heterocycles. The Labute approximate surface area is 152 Å². The van der Waals surface area contributed by atoms with E-state index >= 15 is 0 Å². The number of anilines is 1. The number of aromatic nitrogens is 1. The lowest BCUT2D eigenvalue weighted by molar-refractivity contribution is -0.134. The lowest BCUT2D eigenvalue weighted by atomic mass is 10.1. The van der Waals surface area contributed by atoms with E-state index in [0.29, 0.717) is 42.8 Å². The summed E-state index contributed by atoms with van der Waals surface area (Å²) in [7, 11) is 0. The van der Waals surface area contributed by atoms with Gasteiger partial charge in [-0.15, -0.1) is 24.8 Å². The molecule has 1 saturated heterocycles. The highest BCUT2D eigenvalue weighted by Gasteiger charge is 2.25. The number of hydrogen-bond acceptors (Lipinski definition) is 4. The van der Waals surface area contributed by atoms with E-state index in [-0.39, 0.29) is 36.6 Å². The SMILES string of the molecule is CC(CN)C(=O)N1CCN(c2ncc(Cl)cc2Cl)CC1.Cl.Cl. The number of nitrogens with two attached hydrogens (primary N) is 1. The van der Waals surface area contributed by atoms with Gasteiger partial charge >= 0.3 is 0 Å². The van der Waals surface area contributed by atoms with Gasteiger partial charge in [-0.1, -0.05) is 30.1 Å². The number of hydrogen-bond donors (Lipinski definition) is 1. The summed E-state index contributed by atoms with van der Waals surface area (Å²) in [6, 6.07) is 1.68. The molecule has 9 heteroatoms. The molecule has 22 heavy (non-hydrogen) atoms. The lowest BCUT2D eigenvalue weighted by Crippen LogP contribution is -2.51. The molecule has 1 aromatic rings. The van der Waals surface area contributed by atoms with Crippen molar-refractivity contribution in [3.05, 3.63) is 22.3 Å². The molecule has 0 bridgehead atoms. The summed E-state index contributed by atoms with van der Waals surface area (Å²) in [5.74, 6) is 0.705. The van der Waals surface area contributed by atoms with Gasteiger partial charge in [0.15, 0.2) is 0 Å². The Balaban J connectivity index is 0.00000220. The smallest absolute Gasteiger partial charge is 0.226 e. The third-order valence-corrected chi connectivity index (χ3v) is 3.94. The summed E-state index contributed by atoms with van der Waals surface area (Å²) in [6.07, 6.45) is 1.58. The Morgan fingerprint density at radius 1 is 1.32 bits per heavy atom. The van der Waals surface area contributed by atoms with Crippen molar-refractivity contribution in [2.45, 2.75) is 6.92 Å². The van der Waals surface area contributed by atoms with Gasteiger partial charge in [0.2, 0.25) is 5.91 Å². The van der Waals surface area contributed by atoms with E-state index < -0.39 is 0 Å². The molecule has 0 aliphatic carbocycles. The third-order valence-electron chi connectivity index (χ3n) is 3.45. The van der Waals surface area contributed by atoms with Gasteiger partial charge in [0.25, 0.3) is 0 Å². The summed E-state index contributed by atoms with van der Waals surface area (Å²) < 4.78 is 0. The molecule has 0 saturated carbocycles. The average Bonchev–Trinajstić information content (AvgIpc) is 2.46. The van der Waals surface area contributed by atoms with Gasteiger partial charge in [-0.3, -0.25) is 4.79 Å². The Morgan fingerprint density at radius 3 is 2.41 bits per heavy atom. The molecule has 2 heterocycles. The molecule has 1 aromatic heterocycles.